The Morgan fingerprint density at radius 1 is 1.00 bits per heavy atom. The highest BCUT2D eigenvalue weighted by atomic mass is 19.4. The Hall–Kier alpha value is -4.48. The molecule has 0 spiro atoms. The van der Waals surface area contributed by atoms with Gasteiger partial charge in [-0.25, -0.2) is 0 Å². The van der Waals surface area contributed by atoms with Crippen molar-refractivity contribution < 1.29 is 32.4 Å². The van der Waals surface area contributed by atoms with Gasteiger partial charge in [0.1, 0.15) is 0 Å². The van der Waals surface area contributed by atoms with Crippen LogP contribution >= 0.6 is 0 Å². The van der Waals surface area contributed by atoms with Gasteiger partial charge in [-0.15, -0.1) is 0 Å². The molecule has 1 aliphatic rings. The molecule has 0 radical (unpaired) electrons. The van der Waals surface area contributed by atoms with Gasteiger partial charge < -0.3 is 25.2 Å². The Bertz CT molecular complexity index is 1610. The van der Waals surface area contributed by atoms with E-state index in [9.17, 15) is 27.9 Å². The number of nitrogens with zero attached hydrogens (tertiary/aromatic N) is 2. The number of nitrogens with one attached hydrogen (secondary N) is 2. The van der Waals surface area contributed by atoms with Gasteiger partial charge >= 0.3 is 6.18 Å². The summed E-state index contributed by atoms with van der Waals surface area (Å²) in [6, 6.07) is 21.6. The minimum Gasteiger partial charge on any atom is -0.390 e. The number of amides is 2. The van der Waals surface area contributed by atoms with Gasteiger partial charge in [-0.1, -0.05) is 59.8 Å². The molecular formula is C34H35F3N4O4. The van der Waals surface area contributed by atoms with Gasteiger partial charge in [-0.05, 0) is 61.6 Å². The van der Waals surface area contributed by atoms with Crippen LogP contribution in [0.25, 0.3) is 0 Å². The molecule has 11 heteroatoms. The van der Waals surface area contributed by atoms with Crippen LogP contribution in [0.5, 0.6) is 0 Å². The van der Waals surface area contributed by atoms with Gasteiger partial charge in [0.25, 0.3) is 11.8 Å². The first kappa shape index (κ1) is 31.9. The van der Waals surface area contributed by atoms with Crippen molar-refractivity contribution in [2.45, 2.75) is 57.1 Å². The first-order valence-electron chi connectivity index (χ1n) is 14.8. The molecule has 3 aromatic carbocycles. The zero-order valence-corrected chi connectivity index (χ0v) is 24.8. The molecule has 5 rings (SSSR count). The van der Waals surface area contributed by atoms with Crippen LogP contribution in [0.3, 0.4) is 0 Å². The van der Waals surface area contributed by atoms with Crippen molar-refractivity contribution >= 4 is 11.8 Å². The summed E-state index contributed by atoms with van der Waals surface area (Å²) in [4.78, 5) is 28.7. The van der Waals surface area contributed by atoms with Gasteiger partial charge in [-0.3, -0.25) is 9.59 Å². The van der Waals surface area contributed by atoms with Crippen LogP contribution in [-0.4, -0.2) is 52.2 Å². The molecule has 1 fully saturated rings. The van der Waals surface area contributed by atoms with E-state index in [1.807, 2.05) is 43.3 Å². The van der Waals surface area contributed by atoms with Crippen molar-refractivity contribution in [3.05, 3.63) is 124 Å². The third-order valence-corrected chi connectivity index (χ3v) is 7.88. The summed E-state index contributed by atoms with van der Waals surface area (Å²) < 4.78 is 44.7. The number of alkyl halides is 3. The molecule has 1 saturated heterocycles. The van der Waals surface area contributed by atoms with E-state index in [1.54, 1.807) is 29.2 Å². The second kappa shape index (κ2) is 14.1. The van der Waals surface area contributed by atoms with Gasteiger partial charge in [0, 0.05) is 36.8 Å². The SMILES string of the molecule is Cc1cc(C2CCCN2C(=O)c2cccc(C(=O)N[C@@H](Cc3ccccc3)[C@H](O)CNCc3cccc(C(F)(F)F)c3)c2)on1. The lowest BCUT2D eigenvalue weighted by molar-refractivity contribution is -0.137. The number of halogens is 3. The summed E-state index contributed by atoms with van der Waals surface area (Å²) >= 11 is 0. The Morgan fingerprint density at radius 2 is 1.73 bits per heavy atom. The van der Waals surface area contributed by atoms with Gasteiger partial charge in [0.05, 0.1) is 29.4 Å². The number of hydrogen-bond acceptors (Lipinski definition) is 6. The highest BCUT2D eigenvalue weighted by molar-refractivity contribution is 6.00. The van der Waals surface area contributed by atoms with E-state index in [0.717, 1.165) is 36.2 Å². The topological polar surface area (TPSA) is 108 Å². The van der Waals surface area contributed by atoms with Crippen LogP contribution < -0.4 is 10.6 Å². The fourth-order valence-electron chi connectivity index (χ4n) is 5.57. The molecule has 45 heavy (non-hydrogen) atoms. The Labute approximate surface area is 259 Å². The molecule has 0 aliphatic carbocycles. The smallest absolute Gasteiger partial charge is 0.390 e. The molecule has 8 nitrogen and oxygen atoms in total. The third-order valence-electron chi connectivity index (χ3n) is 7.88. The molecule has 236 valence electrons. The molecule has 3 N–H and O–H groups in total. The molecule has 0 bridgehead atoms. The normalized spacial score (nSPS) is 16.4. The summed E-state index contributed by atoms with van der Waals surface area (Å²) in [6.07, 6.45) is -3.64. The predicted octanol–water partition coefficient (Wildman–Crippen LogP) is 5.47. The number of carbonyl (C=O) groups excluding carboxylic acids is 2. The van der Waals surface area contributed by atoms with Gasteiger partial charge in [0.2, 0.25) is 0 Å². The van der Waals surface area contributed by atoms with E-state index in [-0.39, 0.29) is 30.6 Å². The number of carbonyl (C=O) groups is 2. The monoisotopic (exact) mass is 620 g/mol. The lowest BCUT2D eigenvalue weighted by atomic mass is 10.00. The molecule has 3 atom stereocenters. The summed E-state index contributed by atoms with van der Waals surface area (Å²) in [6.45, 7) is 2.50. The minimum absolute atomic E-state index is 0.0179. The third kappa shape index (κ3) is 8.17. The van der Waals surface area contributed by atoms with Gasteiger partial charge in [-0.2, -0.15) is 13.2 Å². The second-order valence-electron chi connectivity index (χ2n) is 11.3. The number of rotatable bonds is 11. The van der Waals surface area contributed by atoms with E-state index in [2.05, 4.69) is 15.8 Å². The second-order valence-corrected chi connectivity index (χ2v) is 11.3. The van der Waals surface area contributed by atoms with E-state index < -0.39 is 29.8 Å². The summed E-state index contributed by atoms with van der Waals surface area (Å²) in [7, 11) is 0. The summed E-state index contributed by atoms with van der Waals surface area (Å²) in [5.74, 6) is -0.0566. The van der Waals surface area contributed by atoms with Crippen molar-refractivity contribution in [3.63, 3.8) is 0 Å². The number of benzene rings is 3. The highest BCUT2D eigenvalue weighted by Gasteiger charge is 2.34. The fraction of sp³-hybridized carbons (Fsp3) is 0.324. The molecule has 0 saturated carbocycles. The molecular weight excluding hydrogens is 585 g/mol. The first-order chi connectivity index (χ1) is 21.6. The molecule has 1 aliphatic heterocycles. The van der Waals surface area contributed by atoms with Crippen molar-refractivity contribution in [2.75, 3.05) is 13.1 Å². The van der Waals surface area contributed by atoms with E-state index in [1.165, 1.54) is 12.1 Å². The van der Waals surface area contributed by atoms with E-state index in [0.29, 0.717) is 29.9 Å². The first-order valence-corrected chi connectivity index (χ1v) is 14.8. The lowest BCUT2D eigenvalue weighted by Gasteiger charge is -2.25. The van der Waals surface area contributed by atoms with Crippen LogP contribution in [0.15, 0.2) is 89.5 Å². The quantitative estimate of drug-likeness (QED) is 0.205. The number of aliphatic hydroxyl groups is 1. The standard InChI is InChI=1S/C34H35F3N4O4/c1-22-16-31(45-40-22)29-14-7-15-41(29)33(44)26-12-6-11-25(19-26)32(43)39-28(18-23-8-3-2-4-9-23)30(42)21-38-20-24-10-5-13-27(17-24)34(35,36)37/h2-6,8-13,16-17,19,28-30,38,42H,7,14-15,18,20-21H2,1H3,(H,39,43)/t28-,29?,30+/m0/s1. The number of aryl methyl sites for hydroxylation is 1. The summed E-state index contributed by atoms with van der Waals surface area (Å²) in [5, 5.41) is 21.0. The zero-order chi connectivity index (χ0) is 32.0. The average molecular weight is 621 g/mol. The van der Waals surface area contributed by atoms with Crippen LogP contribution in [0, 0.1) is 6.92 Å². The fourth-order valence-corrected chi connectivity index (χ4v) is 5.57. The van der Waals surface area contributed by atoms with Crippen molar-refractivity contribution in [1.82, 2.24) is 20.7 Å². The highest BCUT2D eigenvalue weighted by Crippen LogP contribution is 2.33. The number of likely N-dealkylation sites (tertiary alicyclic amines) is 1. The van der Waals surface area contributed by atoms with Crippen LogP contribution in [-0.2, 0) is 19.1 Å². The van der Waals surface area contributed by atoms with Crippen LogP contribution in [0.2, 0.25) is 0 Å². The Balaban J connectivity index is 1.26. The maximum Gasteiger partial charge on any atom is 0.416 e. The largest absolute Gasteiger partial charge is 0.416 e. The van der Waals surface area contributed by atoms with Crippen LogP contribution in [0.1, 0.15) is 67.7 Å². The number of aliphatic hydroxyl groups excluding tert-OH is 1. The van der Waals surface area contributed by atoms with Crippen molar-refractivity contribution in [3.8, 4) is 0 Å². The number of hydrogen-bond donors (Lipinski definition) is 3. The molecule has 2 heterocycles. The maximum atomic E-state index is 13.5. The van der Waals surface area contributed by atoms with Crippen LogP contribution in [0.4, 0.5) is 13.2 Å². The maximum absolute atomic E-state index is 13.5. The average Bonchev–Trinajstić information content (AvgIpc) is 3.70. The molecule has 4 aromatic rings. The molecule has 2 amide bonds. The van der Waals surface area contributed by atoms with Gasteiger partial charge in [0.15, 0.2) is 5.76 Å². The zero-order valence-electron chi connectivity index (χ0n) is 24.8. The minimum atomic E-state index is -4.45. The van der Waals surface area contributed by atoms with Crippen molar-refractivity contribution in [1.29, 1.82) is 0 Å². The molecule has 1 aromatic heterocycles. The lowest BCUT2D eigenvalue weighted by Crippen LogP contribution is -2.48. The van der Waals surface area contributed by atoms with E-state index in [4.69, 9.17) is 4.52 Å². The Morgan fingerprint density at radius 3 is 2.47 bits per heavy atom. The number of aromatic nitrogens is 1. The molecule has 1 unspecified atom stereocenters. The Kier molecular flexibility index (Phi) is 9.99. The predicted molar refractivity (Wildman–Crippen MR) is 161 cm³/mol. The van der Waals surface area contributed by atoms with Crippen molar-refractivity contribution in [2.24, 2.45) is 0 Å². The summed E-state index contributed by atoms with van der Waals surface area (Å²) in [5.41, 5.74) is 1.90. The van der Waals surface area contributed by atoms with E-state index >= 15 is 0 Å².